The highest BCUT2D eigenvalue weighted by atomic mass is 19.1. The molecule has 2 aromatic rings. The van der Waals surface area contributed by atoms with Crippen LogP contribution in [-0.4, -0.2) is 17.1 Å². The molecule has 112 valence electrons. The maximum atomic E-state index is 13.4. The van der Waals surface area contributed by atoms with Gasteiger partial charge in [-0.05, 0) is 18.1 Å². The molecule has 3 N–H and O–H groups in total. The summed E-state index contributed by atoms with van der Waals surface area (Å²) < 4.78 is 23.8. The lowest BCUT2D eigenvalue weighted by molar-refractivity contribution is -0.119. The molecular weight excluding hydrogens is 277 g/mol. The van der Waals surface area contributed by atoms with Crippen LogP contribution in [0.4, 0.5) is 4.39 Å². The highest BCUT2D eigenvalue weighted by Gasteiger charge is 2.11. The van der Waals surface area contributed by atoms with Crippen LogP contribution >= 0.6 is 0 Å². The van der Waals surface area contributed by atoms with Crippen molar-refractivity contribution in [1.29, 1.82) is 0 Å². The molecule has 0 spiro atoms. The minimum Gasteiger partial charge on any atom is -0.471 e. The second-order valence-corrected chi connectivity index (χ2v) is 4.52. The van der Waals surface area contributed by atoms with Gasteiger partial charge in [0.05, 0.1) is 12.6 Å². The number of carbonyl (C=O) groups excluding carboxylic acids is 1. The average Bonchev–Trinajstić information content (AvgIpc) is 2.91. The van der Waals surface area contributed by atoms with E-state index >= 15 is 0 Å². The predicted octanol–water partition coefficient (Wildman–Crippen LogP) is 1.36. The summed E-state index contributed by atoms with van der Waals surface area (Å²) in [7, 11) is 0. The molecule has 0 unspecified atom stereocenters. The summed E-state index contributed by atoms with van der Waals surface area (Å²) in [6, 6.07) is 7.43. The molecule has 0 radical (unpaired) electrons. The van der Waals surface area contributed by atoms with Gasteiger partial charge in [-0.2, -0.15) is 0 Å². The van der Waals surface area contributed by atoms with Crippen molar-refractivity contribution in [3.8, 4) is 5.88 Å². The molecular formula is C14H16FN3O3. The minimum absolute atomic E-state index is 0.0593. The lowest BCUT2D eigenvalue weighted by Gasteiger charge is -2.06. The smallest absolute Gasteiger partial charge is 0.254 e. The van der Waals surface area contributed by atoms with Gasteiger partial charge in [-0.1, -0.05) is 18.2 Å². The Bertz CT molecular complexity index is 615. The van der Waals surface area contributed by atoms with Gasteiger partial charge in [-0.15, -0.1) is 0 Å². The number of hydrogen-bond acceptors (Lipinski definition) is 5. The number of nitrogens with zero attached hydrogens (tertiary/aromatic N) is 1. The molecule has 1 amide bonds. The zero-order valence-electron chi connectivity index (χ0n) is 11.5. The number of benzene rings is 1. The largest absolute Gasteiger partial charge is 0.471 e. The Balaban J connectivity index is 1.86. The Hall–Kier alpha value is -2.41. The molecule has 0 saturated heterocycles. The van der Waals surface area contributed by atoms with Crippen LogP contribution < -0.4 is 15.8 Å². The van der Waals surface area contributed by atoms with E-state index in [0.29, 0.717) is 17.9 Å². The first-order chi connectivity index (χ1) is 10.1. The van der Waals surface area contributed by atoms with Gasteiger partial charge < -0.3 is 15.0 Å². The third-order valence-electron chi connectivity index (χ3n) is 2.88. The van der Waals surface area contributed by atoms with Gasteiger partial charge in [0.2, 0.25) is 5.91 Å². The van der Waals surface area contributed by atoms with Crippen LogP contribution in [0.25, 0.3) is 0 Å². The van der Waals surface area contributed by atoms with E-state index in [0.717, 1.165) is 0 Å². The SMILES string of the molecule is C[C@H](NCc1cc(OCc2ccccc2F)no1)C(N)=O. The molecule has 6 nitrogen and oxygen atoms in total. The van der Waals surface area contributed by atoms with E-state index < -0.39 is 11.9 Å². The zero-order valence-corrected chi connectivity index (χ0v) is 11.5. The lowest BCUT2D eigenvalue weighted by Crippen LogP contribution is -2.38. The Morgan fingerprint density at radius 1 is 1.52 bits per heavy atom. The average molecular weight is 293 g/mol. The number of nitrogens with two attached hydrogens (primary N) is 1. The number of rotatable bonds is 7. The van der Waals surface area contributed by atoms with E-state index in [-0.39, 0.29) is 18.3 Å². The summed E-state index contributed by atoms with van der Waals surface area (Å²) in [6.07, 6.45) is 0. The van der Waals surface area contributed by atoms with Gasteiger partial charge in [-0.25, -0.2) is 4.39 Å². The maximum Gasteiger partial charge on any atom is 0.254 e. The van der Waals surface area contributed by atoms with Crippen LogP contribution in [0.3, 0.4) is 0 Å². The Morgan fingerprint density at radius 3 is 3.00 bits per heavy atom. The number of amides is 1. The first-order valence-electron chi connectivity index (χ1n) is 6.40. The molecule has 21 heavy (non-hydrogen) atoms. The predicted molar refractivity (Wildman–Crippen MR) is 72.7 cm³/mol. The van der Waals surface area contributed by atoms with Crippen molar-refractivity contribution in [2.75, 3.05) is 0 Å². The molecule has 0 aliphatic carbocycles. The molecule has 1 aromatic carbocycles. The number of ether oxygens (including phenoxy) is 1. The molecule has 0 aliphatic rings. The van der Waals surface area contributed by atoms with Gasteiger partial charge >= 0.3 is 0 Å². The standard InChI is InChI=1S/C14H16FN3O3/c1-9(14(16)19)17-7-11-6-13(18-21-11)20-8-10-4-2-3-5-12(10)15/h2-6,9,17H,7-8H2,1H3,(H2,16,19)/t9-/m0/s1. The summed E-state index contributed by atoms with van der Waals surface area (Å²) in [4.78, 5) is 10.9. The van der Waals surface area contributed by atoms with Gasteiger partial charge in [-0.3, -0.25) is 10.1 Å². The van der Waals surface area contributed by atoms with E-state index in [1.807, 2.05) is 0 Å². The number of primary amides is 1. The van der Waals surface area contributed by atoms with Crippen molar-refractivity contribution in [2.24, 2.45) is 5.73 Å². The number of halogens is 1. The molecule has 7 heteroatoms. The minimum atomic E-state index is -0.474. The van der Waals surface area contributed by atoms with Crippen LogP contribution in [0.5, 0.6) is 5.88 Å². The summed E-state index contributed by atoms with van der Waals surface area (Å²) in [6.45, 7) is 2.00. The molecule has 0 aliphatic heterocycles. The lowest BCUT2D eigenvalue weighted by atomic mass is 10.2. The van der Waals surface area contributed by atoms with Gasteiger partial charge in [0, 0.05) is 11.6 Å². The normalized spacial score (nSPS) is 12.1. The molecule has 2 rings (SSSR count). The van der Waals surface area contributed by atoms with Crippen molar-refractivity contribution >= 4 is 5.91 Å². The van der Waals surface area contributed by atoms with Crippen molar-refractivity contribution in [1.82, 2.24) is 10.5 Å². The maximum absolute atomic E-state index is 13.4. The fourth-order valence-corrected chi connectivity index (χ4v) is 1.57. The number of nitrogens with one attached hydrogen (secondary N) is 1. The fourth-order valence-electron chi connectivity index (χ4n) is 1.57. The fraction of sp³-hybridized carbons (Fsp3) is 0.286. The molecule has 1 heterocycles. The van der Waals surface area contributed by atoms with Gasteiger partial charge in [0.15, 0.2) is 5.76 Å². The first-order valence-corrected chi connectivity index (χ1v) is 6.40. The van der Waals surface area contributed by atoms with E-state index in [4.69, 9.17) is 15.0 Å². The summed E-state index contributed by atoms with van der Waals surface area (Å²) in [5.41, 5.74) is 5.56. The third-order valence-corrected chi connectivity index (χ3v) is 2.88. The Morgan fingerprint density at radius 2 is 2.29 bits per heavy atom. The summed E-state index contributed by atoms with van der Waals surface area (Å²) in [5.74, 6) is -0.0443. The van der Waals surface area contributed by atoms with Crippen LogP contribution in [0.1, 0.15) is 18.2 Å². The molecule has 0 bridgehead atoms. The van der Waals surface area contributed by atoms with Crippen molar-refractivity contribution in [3.63, 3.8) is 0 Å². The van der Waals surface area contributed by atoms with E-state index in [1.165, 1.54) is 6.07 Å². The highest BCUT2D eigenvalue weighted by Crippen LogP contribution is 2.14. The second-order valence-electron chi connectivity index (χ2n) is 4.52. The number of aromatic nitrogens is 1. The number of carbonyl (C=O) groups is 1. The van der Waals surface area contributed by atoms with Crippen LogP contribution in [0, 0.1) is 5.82 Å². The monoisotopic (exact) mass is 293 g/mol. The Labute approximate surface area is 121 Å². The first kappa shape index (κ1) is 15.0. The van der Waals surface area contributed by atoms with Crippen LogP contribution in [-0.2, 0) is 17.9 Å². The topological polar surface area (TPSA) is 90.4 Å². The van der Waals surface area contributed by atoms with Crippen molar-refractivity contribution in [2.45, 2.75) is 26.1 Å². The van der Waals surface area contributed by atoms with Crippen molar-refractivity contribution < 1.29 is 18.4 Å². The third kappa shape index (κ3) is 4.28. The van der Waals surface area contributed by atoms with E-state index in [2.05, 4.69) is 10.5 Å². The quantitative estimate of drug-likeness (QED) is 0.804. The van der Waals surface area contributed by atoms with Crippen LogP contribution in [0.2, 0.25) is 0 Å². The summed E-state index contributed by atoms with van der Waals surface area (Å²) >= 11 is 0. The van der Waals surface area contributed by atoms with Gasteiger partial charge in [0.25, 0.3) is 5.88 Å². The van der Waals surface area contributed by atoms with Crippen LogP contribution in [0.15, 0.2) is 34.9 Å². The Kier molecular flexibility index (Phi) is 4.89. The highest BCUT2D eigenvalue weighted by molar-refractivity contribution is 5.79. The van der Waals surface area contributed by atoms with E-state index in [9.17, 15) is 9.18 Å². The van der Waals surface area contributed by atoms with Crippen molar-refractivity contribution in [3.05, 3.63) is 47.5 Å². The molecule has 0 fully saturated rings. The molecule has 1 aromatic heterocycles. The zero-order chi connectivity index (χ0) is 15.2. The summed E-state index contributed by atoms with van der Waals surface area (Å²) in [5, 5.41) is 6.58. The molecule has 1 atom stereocenters. The second kappa shape index (κ2) is 6.85. The van der Waals surface area contributed by atoms with Gasteiger partial charge in [0.1, 0.15) is 12.4 Å². The van der Waals surface area contributed by atoms with E-state index in [1.54, 1.807) is 31.2 Å². The number of hydrogen-bond donors (Lipinski definition) is 2. The molecule has 0 saturated carbocycles.